The van der Waals surface area contributed by atoms with E-state index in [0.717, 1.165) is 57.5 Å². The number of aromatic nitrogens is 1. The van der Waals surface area contributed by atoms with Crippen LogP contribution in [0.5, 0.6) is 0 Å². The number of pyridine rings is 1. The molecule has 3 unspecified atom stereocenters. The summed E-state index contributed by atoms with van der Waals surface area (Å²) in [5, 5.41) is 3.42. The molecule has 1 aromatic rings. The van der Waals surface area contributed by atoms with Crippen molar-refractivity contribution in [2.75, 3.05) is 26.3 Å². The van der Waals surface area contributed by atoms with Crippen molar-refractivity contribution < 1.29 is 14.3 Å². The predicted molar refractivity (Wildman–Crippen MR) is 107 cm³/mol. The van der Waals surface area contributed by atoms with E-state index in [0.29, 0.717) is 13.2 Å². The van der Waals surface area contributed by atoms with Gasteiger partial charge < -0.3 is 19.7 Å². The van der Waals surface area contributed by atoms with Gasteiger partial charge >= 0.3 is 0 Å². The fourth-order valence-electron chi connectivity index (χ4n) is 3.70. The zero-order chi connectivity index (χ0) is 18.2. The molecule has 0 bridgehead atoms. The van der Waals surface area contributed by atoms with E-state index in [4.69, 9.17) is 9.47 Å². The molecule has 3 rings (SSSR count). The largest absolute Gasteiger partial charge is 0.376 e. The Kier molecular flexibility index (Phi) is 9.48. The van der Waals surface area contributed by atoms with E-state index in [9.17, 15) is 4.79 Å². The Balaban J connectivity index is 0.00000261. The number of nitrogens with zero attached hydrogens (tertiary/aromatic N) is 2. The Hall–Kier alpha value is -1.21. The SMILES string of the molecule is CC(OCC1CCCO1)C(=O)N(Cc1ccccn1)C1CCCNCC1.Cl. The highest BCUT2D eigenvalue weighted by molar-refractivity contribution is 5.85. The summed E-state index contributed by atoms with van der Waals surface area (Å²) < 4.78 is 11.5. The van der Waals surface area contributed by atoms with E-state index in [1.54, 1.807) is 6.20 Å². The fourth-order valence-corrected chi connectivity index (χ4v) is 3.70. The first-order chi connectivity index (χ1) is 12.7. The lowest BCUT2D eigenvalue weighted by atomic mass is 10.1. The van der Waals surface area contributed by atoms with Crippen LogP contribution >= 0.6 is 12.4 Å². The summed E-state index contributed by atoms with van der Waals surface area (Å²) in [5.74, 6) is 0.0561. The van der Waals surface area contributed by atoms with Crippen molar-refractivity contribution in [1.82, 2.24) is 15.2 Å². The van der Waals surface area contributed by atoms with Gasteiger partial charge in [0.15, 0.2) is 0 Å². The first-order valence-corrected chi connectivity index (χ1v) is 9.88. The minimum Gasteiger partial charge on any atom is -0.376 e. The van der Waals surface area contributed by atoms with Crippen molar-refractivity contribution in [3.8, 4) is 0 Å². The van der Waals surface area contributed by atoms with Crippen LogP contribution in [0.1, 0.15) is 44.7 Å². The Morgan fingerprint density at radius 2 is 2.22 bits per heavy atom. The van der Waals surface area contributed by atoms with Gasteiger partial charge in [0.2, 0.25) is 0 Å². The third kappa shape index (κ3) is 6.71. The first kappa shape index (κ1) is 22.1. The van der Waals surface area contributed by atoms with E-state index in [1.165, 1.54) is 0 Å². The van der Waals surface area contributed by atoms with Crippen LogP contribution in [-0.2, 0) is 20.8 Å². The van der Waals surface area contributed by atoms with Crippen LogP contribution in [0, 0.1) is 0 Å². The van der Waals surface area contributed by atoms with Crippen LogP contribution in [0.25, 0.3) is 0 Å². The van der Waals surface area contributed by atoms with E-state index in [-0.39, 0.29) is 30.5 Å². The molecule has 3 atom stereocenters. The van der Waals surface area contributed by atoms with Gasteiger partial charge in [-0.2, -0.15) is 0 Å². The molecule has 1 amide bonds. The van der Waals surface area contributed by atoms with Gasteiger partial charge in [-0.25, -0.2) is 0 Å². The highest BCUT2D eigenvalue weighted by Crippen LogP contribution is 2.19. The molecule has 152 valence electrons. The van der Waals surface area contributed by atoms with Crippen LogP contribution in [-0.4, -0.2) is 60.3 Å². The van der Waals surface area contributed by atoms with Crippen LogP contribution in [0.15, 0.2) is 24.4 Å². The van der Waals surface area contributed by atoms with Crippen molar-refractivity contribution >= 4 is 18.3 Å². The molecule has 0 aromatic carbocycles. The second-order valence-corrected chi connectivity index (χ2v) is 7.23. The average Bonchev–Trinajstić information content (AvgIpc) is 3.05. The number of rotatable bonds is 7. The number of carbonyl (C=O) groups excluding carboxylic acids is 1. The van der Waals surface area contributed by atoms with Gasteiger partial charge in [0.05, 0.1) is 24.9 Å². The number of ether oxygens (including phenoxy) is 2. The quantitative estimate of drug-likeness (QED) is 0.766. The second-order valence-electron chi connectivity index (χ2n) is 7.23. The molecule has 0 spiro atoms. The highest BCUT2D eigenvalue weighted by Gasteiger charge is 2.29. The van der Waals surface area contributed by atoms with Crippen molar-refractivity contribution in [2.45, 2.75) is 63.8 Å². The molecule has 2 saturated heterocycles. The maximum atomic E-state index is 13.2. The van der Waals surface area contributed by atoms with E-state index in [1.807, 2.05) is 30.0 Å². The molecule has 1 aromatic heterocycles. The molecule has 0 aliphatic carbocycles. The van der Waals surface area contributed by atoms with Crippen molar-refractivity contribution in [3.05, 3.63) is 30.1 Å². The maximum absolute atomic E-state index is 13.2. The number of hydrogen-bond acceptors (Lipinski definition) is 5. The van der Waals surface area contributed by atoms with Gasteiger partial charge in [-0.05, 0) is 64.3 Å². The molecule has 2 aliphatic heterocycles. The molecular formula is C20H32ClN3O3. The third-order valence-corrected chi connectivity index (χ3v) is 5.23. The summed E-state index contributed by atoms with van der Waals surface area (Å²) in [6, 6.07) is 6.08. The van der Waals surface area contributed by atoms with Crippen LogP contribution < -0.4 is 5.32 Å². The lowest BCUT2D eigenvalue weighted by molar-refractivity contribution is -0.148. The number of carbonyl (C=O) groups is 1. The zero-order valence-corrected chi connectivity index (χ0v) is 17.0. The van der Waals surface area contributed by atoms with E-state index >= 15 is 0 Å². The van der Waals surface area contributed by atoms with Crippen molar-refractivity contribution in [3.63, 3.8) is 0 Å². The zero-order valence-electron chi connectivity index (χ0n) is 16.1. The summed E-state index contributed by atoms with van der Waals surface area (Å²) >= 11 is 0. The second kappa shape index (κ2) is 11.6. The number of amides is 1. The van der Waals surface area contributed by atoms with Gasteiger partial charge in [0.1, 0.15) is 6.10 Å². The Labute approximate surface area is 168 Å². The monoisotopic (exact) mass is 397 g/mol. The molecule has 2 fully saturated rings. The molecule has 1 N–H and O–H groups in total. The number of hydrogen-bond donors (Lipinski definition) is 1. The summed E-state index contributed by atoms with van der Waals surface area (Å²) in [6.45, 7) is 5.67. The molecular weight excluding hydrogens is 366 g/mol. The van der Waals surface area contributed by atoms with Crippen LogP contribution in [0.2, 0.25) is 0 Å². The molecule has 7 heteroatoms. The molecule has 2 aliphatic rings. The fraction of sp³-hybridized carbons (Fsp3) is 0.700. The Morgan fingerprint density at radius 1 is 1.33 bits per heavy atom. The van der Waals surface area contributed by atoms with Gasteiger partial charge in [-0.15, -0.1) is 12.4 Å². The minimum absolute atomic E-state index is 0. The normalized spacial score (nSPS) is 23.9. The molecule has 27 heavy (non-hydrogen) atoms. The van der Waals surface area contributed by atoms with E-state index < -0.39 is 6.10 Å². The minimum atomic E-state index is -0.459. The van der Waals surface area contributed by atoms with Crippen molar-refractivity contribution in [1.29, 1.82) is 0 Å². The Morgan fingerprint density at radius 3 is 2.96 bits per heavy atom. The van der Waals surface area contributed by atoms with Crippen LogP contribution in [0.4, 0.5) is 0 Å². The molecule has 6 nitrogen and oxygen atoms in total. The average molecular weight is 398 g/mol. The summed E-state index contributed by atoms with van der Waals surface area (Å²) in [4.78, 5) is 19.6. The molecule has 0 radical (unpaired) electrons. The molecule has 0 saturated carbocycles. The van der Waals surface area contributed by atoms with Gasteiger partial charge in [-0.3, -0.25) is 9.78 Å². The van der Waals surface area contributed by atoms with Crippen molar-refractivity contribution in [2.24, 2.45) is 0 Å². The summed E-state index contributed by atoms with van der Waals surface area (Å²) in [7, 11) is 0. The van der Waals surface area contributed by atoms with Crippen LogP contribution in [0.3, 0.4) is 0 Å². The van der Waals surface area contributed by atoms with Gasteiger partial charge in [0.25, 0.3) is 5.91 Å². The highest BCUT2D eigenvalue weighted by atomic mass is 35.5. The standard InChI is InChI=1S/C20H31N3O3.ClH/c1-16(26-15-19-8-5-13-25-19)20(24)23(14-17-6-2-3-11-22-17)18-7-4-10-21-12-9-18;/h2-3,6,11,16,18-19,21H,4-5,7-10,12-15H2,1H3;1H. The first-order valence-electron chi connectivity index (χ1n) is 9.88. The lowest BCUT2D eigenvalue weighted by Gasteiger charge is -2.33. The maximum Gasteiger partial charge on any atom is 0.252 e. The number of nitrogens with one attached hydrogen (secondary N) is 1. The Bertz CT molecular complexity index is 547. The third-order valence-electron chi connectivity index (χ3n) is 5.23. The van der Waals surface area contributed by atoms with Gasteiger partial charge in [0, 0.05) is 18.8 Å². The lowest BCUT2D eigenvalue weighted by Crippen LogP contribution is -2.46. The number of halogens is 1. The predicted octanol–water partition coefficient (Wildman–Crippen LogP) is 2.56. The van der Waals surface area contributed by atoms with Gasteiger partial charge in [-0.1, -0.05) is 6.07 Å². The smallest absolute Gasteiger partial charge is 0.252 e. The topological polar surface area (TPSA) is 63.7 Å². The summed E-state index contributed by atoms with van der Waals surface area (Å²) in [5.41, 5.74) is 0.921. The molecule has 3 heterocycles. The summed E-state index contributed by atoms with van der Waals surface area (Å²) in [6.07, 6.45) is 6.63. The van der Waals surface area contributed by atoms with E-state index in [2.05, 4.69) is 10.3 Å².